The van der Waals surface area contributed by atoms with E-state index in [2.05, 4.69) is 10.6 Å². The summed E-state index contributed by atoms with van der Waals surface area (Å²) in [5.41, 5.74) is 0.831. The Morgan fingerprint density at radius 2 is 1.96 bits per heavy atom. The van der Waals surface area contributed by atoms with E-state index in [1.807, 2.05) is 26.0 Å². The molecule has 1 aliphatic heterocycles. The van der Waals surface area contributed by atoms with Gasteiger partial charge in [0.15, 0.2) is 0 Å². The van der Waals surface area contributed by atoms with Crippen molar-refractivity contribution in [3.05, 3.63) is 29.8 Å². The van der Waals surface area contributed by atoms with Gasteiger partial charge in [0, 0.05) is 12.5 Å². The van der Waals surface area contributed by atoms with Crippen LogP contribution in [0.25, 0.3) is 0 Å². The maximum Gasteiger partial charge on any atom is 0.325 e. The Morgan fingerprint density at radius 3 is 2.54 bits per heavy atom. The van der Waals surface area contributed by atoms with Crippen LogP contribution in [0.1, 0.15) is 32.3 Å². The van der Waals surface area contributed by atoms with Gasteiger partial charge in [-0.3, -0.25) is 14.5 Å². The molecule has 0 radical (unpaired) electrons. The molecule has 1 aromatic rings. The number of methoxy groups -OCH3 is 1. The second-order valence-electron chi connectivity index (χ2n) is 6.04. The molecule has 1 atom stereocenters. The number of imide groups is 1. The molecule has 130 valence electrons. The minimum Gasteiger partial charge on any atom is -0.497 e. The molecule has 1 fully saturated rings. The van der Waals surface area contributed by atoms with E-state index in [1.54, 1.807) is 19.2 Å². The van der Waals surface area contributed by atoms with Gasteiger partial charge in [-0.05, 0) is 38.0 Å². The van der Waals surface area contributed by atoms with Crippen LogP contribution in [0.2, 0.25) is 0 Å². The van der Waals surface area contributed by atoms with Crippen LogP contribution in [-0.2, 0) is 16.1 Å². The molecule has 0 saturated carbocycles. The maximum atomic E-state index is 12.4. The normalized spacial score (nSPS) is 17.2. The first-order valence-corrected chi connectivity index (χ1v) is 7.95. The number of rotatable bonds is 7. The van der Waals surface area contributed by atoms with E-state index in [9.17, 15) is 14.4 Å². The summed E-state index contributed by atoms with van der Waals surface area (Å²) < 4.78 is 5.08. The van der Waals surface area contributed by atoms with Gasteiger partial charge in [0.2, 0.25) is 5.91 Å². The first-order chi connectivity index (χ1) is 11.4. The monoisotopic (exact) mass is 333 g/mol. The van der Waals surface area contributed by atoms with Crippen molar-refractivity contribution in [2.24, 2.45) is 0 Å². The highest BCUT2D eigenvalue weighted by atomic mass is 16.5. The van der Waals surface area contributed by atoms with Crippen molar-refractivity contribution in [3.8, 4) is 5.75 Å². The van der Waals surface area contributed by atoms with E-state index in [4.69, 9.17) is 4.74 Å². The molecule has 1 unspecified atom stereocenters. The molecule has 2 rings (SSSR count). The van der Waals surface area contributed by atoms with Crippen molar-refractivity contribution in [3.63, 3.8) is 0 Å². The minimum absolute atomic E-state index is 0.0536. The summed E-state index contributed by atoms with van der Waals surface area (Å²) in [4.78, 5) is 37.2. The van der Waals surface area contributed by atoms with Crippen LogP contribution in [-0.4, -0.2) is 41.9 Å². The van der Waals surface area contributed by atoms with Gasteiger partial charge < -0.3 is 15.4 Å². The average molecular weight is 333 g/mol. The lowest BCUT2D eigenvalue weighted by Crippen LogP contribution is -2.34. The number of carbonyl (C=O) groups excluding carboxylic acids is 3. The Bertz CT molecular complexity index is 613. The molecule has 4 amide bonds. The predicted molar refractivity (Wildman–Crippen MR) is 88.4 cm³/mol. The molecule has 2 N–H and O–H groups in total. The summed E-state index contributed by atoms with van der Waals surface area (Å²) in [5, 5.41) is 5.40. The number of urea groups is 1. The third-order valence-electron chi connectivity index (χ3n) is 3.72. The molecule has 7 nitrogen and oxygen atoms in total. The molecule has 1 aliphatic rings. The zero-order valence-corrected chi connectivity index (χ0v) is 14.2. The Morgan fingerprint density at radius 1 is 1.29 bits per heavy atom. The number of nitrogens with one attached hydrogen (secondary N) is 2. The Hall–Kier alpha value is -2.57. The predicted octanol–water partition coefficient (Wildman–Crippen LogP) is 1.42. The van der Waals surface area contributed by atoms with Crippen LogP contribution in [0.4, 0.5) is 4.79 Å². The molecule has 0 spiro atoms. The van der Waals surface area contributed by atoms with E-state index < -0.39 is 12.1 Å². The summed E-state index contributed by atoms with van der Waals surface area (Å²) >= 11 is 0. The summed E-state index contributed by atoms with van der Waals surface area (Å²) in [7, 11) is 1.58. The van der Waals surface area contributed by atoms with Crippen molar-refractivity contribution < 1.29 is 19.1 Å². The van der Waals surface area contributed by atoms with E-state index >= 15 is 0 Å². The average Bonchev–Trinajstić information content (AvgIpc) is 2.80. The highest BCUT2D eigenvalue weighted by Crippen LogP contribution is 2.17. The van der Waals surface area contributed by atoms with Crippen LogP contribution in [0.5, 0.6) is 5.75 Å². The molecule has 0 bridgehead atoms. The molecule has 1 saturated heterocycles. The Labute approximate surface area is 141 Å². The van der Waals surface area contributed by atoms with E-state index in [0.29, 0.717) is 12.2 Å². The number of benzene rings is 1. The Kier molecular flexibility index (Phi) is 5.78. The molecule has 7 heteroatoms. The fourth-order valence-corrected chi connectivity index (χ4v) is 2.51. The summed E-state index contributed by atoms with van der Waals surface area (Å²) in [6, 6.07) is 6.16. The first-order valence-electron chi connectivity index (χ1n) is 7.95. The van der Waals surface area contributed by atoms with Gasteiger partial charge in [-0.25, -0.2) is 4.79 Å². The van der Waals surface area contributed by atoms with E-state index in [1.165, 1.54) is 4.90 Å². The summed E-state index contributed by atoms with van der Waals surface area (Å²) in [6.07, 6.45) is 0.494. The third kappa shape index (κ3) is 4.47. The fraction of sp³-hybridized carbons (Fsp3) is 0.471. The lowest BCUT2D eigenvalue weighted by molar-refractivity contribution is -0.128. The van der Waals surface area contributed by atoms with Crippen molar-refractivity contribution in [1.29, 1.82) is 0 Å². The van der Waals surface area contributed by atoms with Crippen LogP contribution in [0, 0.1) is 0 Å². The van der Waals surface area contributed by atoms with Gasteiger partial charge in [0.1, 0.15) is 11.8 Å². The third-order valence-corrected chi connectivity index (χ3v) is 3.72. The van der Waals surface area contributed by atoms with Crippen molar-refractivity contribution in [2.45, 2.75) is 45.3 Å². The lowest BCUT2D eigenvalue weighted by Gasteiger charge is -2.13. The minimum atomic E-state index is -0.645. The quantitative estimate of drug-likeness (QED) is 0.739. The fourth-order valence-electron chi connectivity index (χ4n) is 2.51. The topological polar surface area (TPSA) is 87.7 Å². The smallest absolute Gasteiger partial charge is 0.325 e. The van der Waals surface area contributed by atoms with Gasteiger partial charge >= 0.3 is 6.03 Å². The molecular formula is C17H23N3O4. The number of amides is 4. The molecule has 1 aromatic carbocycles. The molecule has 24 heavy (non-hydrogen) atoms. The van der Waals surface area contributed by atoms with E-state index in [-0.39, 0.29) is 30.8 Å². The van der Waals surface area contributed by atoms with Crippen molar-refractivity contribution in [2.75, 3.05) is 7.11 Å². The van der Waals surface area contributed by atoms with Gasteiger partial charge in [0.25, 0.3) is 5.91 Å². The number of nitrogens with zero attached hydrogens (tertiary/aromatic N) is 1. The van der Waals surface area contributed by atoms with Crippen molar-refractivity contribution >= 4 is 17.8 Å². The van der Waals surface area contributed by atoms with Crippen molar-refractivity contribution in [1.82, 2.24) is 15.5 Å². The van der Waals surface area contributed by atoms with Gasteiger partial charge in [-0.1, -0.05) is 12.1 Å². The number of carbonyl (C=O) groups is 3. The van der Waals surface area contributed by atoms with E-state index in [0.717, 1.165) is 5.56 Å². The highest BCUT2D eigenvalue weighted by Gasteiger charge is 2.37. The zero-order valence-electron chi connectivity index (χ0n) is 14.2. The van der Waals surface area contributed by atoms with Crippen LogP contribution >= 0.6 is 0 Å². The SMILES string of the molecule is COc1ccc(CN2C(=O)NC(CCC(=O)NC(C)C)C2=O)cc1. The van der Waals surface area contributed by atoms with Gasteiger partial charge in [0.05, 0.1) is 13.7 Å². The lowest BCUT2D eigenvalue weighted by atomic mass is 10.1. The van der Waals surface area contributed by atoms with Crippen LogP contribution in [0.3, 0.4) is 0 Å². The standard InChI is InChI=1S/C17H23N3O4/c1-11(2)18-15(21)9-8-14-16(22)20(17(23)19-14)10-12-4-6-13(24-3)7-5-12/h4-7,11,14H,8-10H2,1-3H3,(H,18,21)(H,19,23). The summed E-state index contributed by atoms with van der Waals surface area (Å²) in [6.45, 7) is 3.94. The number of hydrogen-bond donors (Lipinski definition) is 2. The largest absolute Gasteiger partial charge is 0.497 e. The second-order valence-corrected chi connectivity index (χ2v) is 6.04. The number of hydrogen-bond acceptors (Lipinski definition) is 4. The molecular weight excluding hydrogens is 310 g/mol. The molecule has 0 aromatic heterocycles. The van der Waals surface area contributed by atoms with Crippen LogP contribution < -0.4 is 15.4 Å². The maximum absolute atomic E-state index is 12.4. The summed E-state index contributed by atoms with van der Waals surface area (Å²) in [5.74, 6) is 0.291. The highest BCUT2D eigenvalue weighted by molar-refractivity contribution is 6.04. The zero-order chi connectivity index (χ0) is 17.7. The molecule has 0 aliphatic carbocycles. The first kappa shape index (κ1) is 17.8. The Balaban J connectivity index is 1.91. The number of ether oxygens (including phenoxy) is 1. The van der Waals surface area contributed by atoms with Gasteiger partial charge in [-0.15, -0.1) is 0 Å². The van der Waals surface area contributed by atoms with Gasteiger partial charge in [-0.2, -0.15) is 0 Å². The second kappa shape index (κ2) is 7.81. The van der Waals surface area contributed by atoms with Crippen LogP contribution in [0.15, 0.2) is 24.3 Å². The molecule has 1 heterocycles.